The molecule has 0 bridgehead atoms. The molecule has 2 aliphatic carbocycles. The van der Waals surface area contributed by atoms with E-state index in [1.165, 1.54) is 57.8 Å². The Balaban J connectivity index is 2.02. The van der Waals surface area contributed by atoms with Crippen molar-refractivity contribution in [1.82, 2.24) is 5.32 Å². The second-order valence-corrected chi connectivity index (χ2v) is 5.64. The number of ether oxygens (including phenoxy) is 1. The van der Waals surface area contributed by atoms with Gasteiger partial charge in [-0.2, -0.15) is 0 Å². The summed E-state index contributed by atoms with van der Waals surface area (Å²) in [5.41, 5.74) is 0.170. The van der Waals surface area contributed by atoms with Gasteiger partial charge in [-0.05, 0) is 45.1 Å². The van der Waals surface area contributed by atoms with Gasteiger partial charge in [0.1, 0.15) is 0 Å². The van der Waals surface area contributed by atoms with Gasteiger partial charge in [-0.15, -0.1) is 0 Å². The molecule has 1 atom stereocenters. The molecule has 2 nitrogen and oxygen atoms in total. The van der Waals surface area contributed by atoms with E-state index < -0.39 is 0 Å². The fourth-order valence-corrected chi connectivity index (χ4v) is 3.74. The SMILES string of the molecule is CNC(C1CCCCCC1)C1(OC)CCC1. The van der Waals surface area contributed by atoms with E-state index in [1.54, 1.807) is 0 Å². The maximum absolute atomic E-state index is 5.86. The normalized spacial score (nSPS) is 28.1. The van der Waals surface area contributed by atoms with Gasteiger partial charge in [0, 0.05) is 13.2 Å². The second-order valence-electron chi connectivity index (χ2n) is 5.64. The number of nitrogens with one attached hydrogen (secondary N) is 1. The van der Waals surface area contributed by atoms with E-state index in [0.717, 1.165) is 5.92 Å². The van der Waals surface area contributed by atoms with Crippen LogP contribution in [0.2, 0.25) is 0 Å². The number of hydrogen-bond donors (Lipinski definition) is 1. The molecule has 0 aromatic heterocycles. The molecule has 0 aromatic carbocycles. The third-order valence-corrected chi connectivity index (χ3v) is 4.86. The topological polar surface area (TPSA) is 21.3 Å². The summed E-state index contributed by atoms with van der Waals surface area (Å²) in [6.45, 7) is 0. The number of methoxy groups -OCH3 is 1. The van der Waals surface area contributed by atoms with Crippen molar-refractivity contribution in [2.75, 3.05) is 14.2 Å². The van der Waals surface area contributed by atoms with Gasteiger partial charge in [0.15, 0.2) is 0 Å². The molecule has 2 rings (SSSR count). The predicted molar refractivity (Wildman–Crippen MR) is 67.6 cm³/mol. The van der Waals surface area contributed by atoms with Crippen LogP contribution in [0.1, 0.15) is 57.8 Å². The average molecular weight is 225 g/mol. The summed E-state index contributed by atoms with van der Waals surface area (Å²) in [6.07, 6.45) is 12.4. The highest BCUT2D eigenvalue weighted by atomic mass is 16.5. The highest BCUT2D eigenvalue weighted by Crippen LogP contribution is 2.43. The molecule has 0 aromatic rings. The van der Waals surface area contributed by atoms with Crippen molar-refractivity contribution in [3.8, 4) is 0 Å². The van der Waals surface area contributed by atoms with Gasteiger partial charge in [0.05, 0.1) is 5.60 Å². The first kappa shape index (κ1) is 12.4. The molecule has 1 N–H and O–H groups in total. The molecule has 0 radical (unpaired) electrons. The fourth-order valence-electron chi connectivity index (χ4n) is 3.74. The van der Waals surface area contributed by atoms with Crippen LogP contribution in [-0.2, 0) is 4.74 Å². The van der Waals surface area contributed by atoms with E-state index in [0.29, 0.717) is 6.04 Å². The van der Waals surface area contributed by atoms with Gasteiger partial charge in [0.2, 0.25) is 0 Å². The zero-order valence-corrected chi connectivity index (χ0v) is 10.9. The average Bonchev–Trinajstić information content (AvgIpc) is 2.51. The van der Waals surface area contributed by atoms with Crippen molar-refractivity contribution in [2.24, 2.45) is 5.92 Å². The quantitative estimate of drug-likeness (QED) is 0.742. The van der Waals surface area contributed by atoms with Crippen molar-refractivity contribution in [1.29, 1.82) is 0 Å². The maximum atomic E-state index is 5.86. The van der Waals surface area contributed by atoms with Gasteiger partial charge < -0.3 is 10.1 Å². The lowest BCUT2D eigenvalue weighted by atomic mass is 9.69. The molecule has 0 saturated heterocycles. The summed E-state index contributed by atoms with van der Waals surface area (Å²) in [5.74, 6) is 0.841. The second kappa shape index (κ2) is 5.50. The Bertz CT molecular complexity index is 199. The van der Waals surface area contributed by atoms with Crippen LogP contribution < -0.4 is 5.32 Å². The van der Waals surface area contributed by atoms with E-state index in [9.17, 15) is 0 Å². The summed E-state index contributed by atoms with van der Waals surface area (Å²) >= 11 is 0. The summed E-state index contributed by atoms with van der Waals surface area (Å²) < 4.78 is 5.86. The first-order chi connectivity index (χ1) is 7.82. The zero-order valence-electron chi connectivity index (χ0n) is 10.9. The summed E-state index contributed by atoms with van der Waals surface area (Å²) in [7, 11) is 4.02. The molecule has 2 fully saturated rings. The first-order valence-electron chi connectivity index (χ1n) is 7.05. The van der Waals surface area contributed by atoms with Gasteiger partial charge in [-0.1, -0.05) is 25.7 Å². The Labute approximate surface area is 100 Å². The van der Waals surface area contributed by atoms with Gasteiger partial charge in [-0.3, -0.25) is 0 Å². The molecule has 1 unspecified atom stereocenters. The third-order valence-electron chi connectivity index (χ3n) is 4.86. The van der Waals surface area contributed by atoms with Crippen molar-refractivity contribution in [3.63, 3.8) is 0 Å². The highest BCUT2D eigenvalue weighted by molar-refractivity contribution is 5.02. The molecular weight excluding hydrogens is 198 g/mol. The van der Waals surface area contributed by atoms with Crippen molar-refractivity contribution in [2.45, 2.75) is 69.4 Å². The fraction of sp³-hybridized carbons (Fsp3) is 1.00. The Morgan fingerprint density at radius 1 is 1.06 bits per heavy atom. The number of likely N-dealkylation sites (N-methyl/N-ethyl adjacent to an activating group) is 1. The van der Waals surface area contributed by atoms with Crippen molar-refractivity contribution >= 4 is 0 Å². The van der Waals surface area contributed by atoms with Crippen LogP contribution in [0.3, 0.4) is 0 Å². The Hall–Kier alpha value is -0.0800. The van der Waals surface area contributed by atoms with E-state index in [-0.39, 0.29) is 5.60 Å². The molecule has 0 aliphatic heterocycles. The van der Waals surface area contributed by atoms with E-state index in [2.05, 4.69) is 12.4 Å². The molecule has 0 spiro atoms. The van der Waals surface area contributed by atoms with Gasteiger partial charge >= 0.3 is 0 Å². The van der Waals surface area contributed by atoms with Crippen LogP contribution in [-0.4, -0.2) is 25.8 Å². The van der Waals surface area contributed by atoms with Crippen LogP contribution >= 0.6 is 0 Å². The minimum atomic E-state index is 0.170. The minimum absolute atomic E-state index is 0.170. The van der Waals surface area contributed by atoms with Gasteiger partial charge in [-0.25, -0.2) is 0 Å². The zero-order chi connectivity index (χ0) is 11.4. The first-order valence-corrected chi connectivity index (χ1v) is 7.05. The van der Waals surface area contributed by atoms with E-state index >= 15 is 0 Å². The molecule has 16 heavy (non-hydrogen) atoms. The standard InChI is InChI=1S/C14H27NO/c1-15-13(14(16-2)10-7-11-14)12-8-5-3-4-6-9-12/h12-13,15H,3-11H2,1-2H3. The highest BCUT2D eigenvalue weighted by Gasteiger charge is 2.46. The maximum Gasteiger partial charge on any atom is 0.0833 e. The van der Waals surface area contributed by atoms with E-state index in [4.69, 9.17) is 4.74 Å². The van der Waals surface area contributed by atoms with Crippen molar-refractivity contribution < 1.29 is 4.74 Å². The lowest BCUT2D eigenvalue weighted by Gasteiger charge is -2.49. The van der Waals surface area contributed by atoms with E-state index in [1.807, 2.05) is 7.11 Å². The van der Waals surface area contributed by atoms with Crippen LogP contribution in [0, 0.1) is 5.92 Å². The third kappa shape index (κ3) is 2.28. The molecule has 0 heterocycles. The molecule has 94 valence electrons. The van der Waals surface area contributed by atoms with Crippen LogP contribution in [0.15, 0.2) is 0 Å². The molecule has 2 aliphatic rings. The van der Waals surface area contributed by atoms with Crippen LogP contribution in [0.4, 0.5) is 0 Å². The smallest absolute Gasteiger partial charge is 0.0833 e. The van der Waals surface area contributed by atoms with Crippen molar-refractivity contribution in [3.05, 3.63) is 0 Å². The summed E-state index contributed by atoms with van der Waals surface area (Å²) in [6, 6.07) is 0.587. The Morgan fingerprint density at radius 3 is 2.06 bits per heavy atom. The lowest BCUT2D eigenvalue weighted by molar-refractivity contribution is -0.111. The molecule has 2 saturated carbocycles. The lowest BCUT2D eigenvalue weighted by Crippen LogP contribution is -2.58. The Kier molecular flexibility index (Phi) is 4.26. The van der Waals surface area contributed by atoms with Crippen LogP contribution in [0.5, 0.6) is 0 Å². The summed E-state index contributed by atoms with van der Waals surface area (Å²) in [5, 5.41) is 3.57. The molecule has 2 heteroatoms. The minimum Gasteiger partial charge on any atom is -0.377 e. The largest absolute Gasteiger partial charge is 0.377 e. The van der Waals surface area contributed by atoms with Crippen LogP contribution in [0.25, 0.3) is 0 Å². The number of rotatable bonds is 4. The Morgan fingerprint density at radius 2 is 1.69 bits per heavy atom. The predicted octanol–water partition coefficient (Wildman–Crippen LogP) is 3.11. The van der Waals surface area contributed by atoms with Gasteiger partial charge in [0.25, 0.3) is 0 Å². The molecule has 0 amide bonds. The molecular formula is C14H27NO. The monoisotopic (exact) mass is 225 g/mol. The summed E-state index contributed by atoms with van der Waals surface area (Å²) in [4.78, 5) is 0. The number of hydrogen-bond acceptors (Lipinski definition) is 2.